The number of rotatable bonds is 1. The zero-order valence-electron chi connectivity index (χ0n) is 5.12. The van der Waals surface area contributed by atoms with Crippen molar-refractivity contribution in [2.75, 3.05) is 0 Å². The summed E-state index contributed by atoms with van der Waals surface area (Å²) < 4.78 is 0. The second kappa shape index (κ2) is 4.67. The molecule has 8 heteroatoms. The predicted octanol–water partition coefficient (Wildman–Crippen LogP) is -2.49. The normalized spacial score (nSPS) is 8.67. The van der Waals surface area contributed by atoms with E-state index in [0.717, 1.165) is 0 Å². The van der Waals surface area contributed by atoms with Crippen LogP contribution in [0.2, 0.25) is 0 Å². The van der Waals surface area contributed by atoms with E-state index in [4.69, 9.17) is 5.11 Å². The topological polar surface area (TPSA) is 116 Å². The van der Waals surface area contributed by atoms with E-state index in [9.17, 15) is 14.4 Å². The van der Waals surface area contributed by atoms with Crippen molar-refractivity contribution in [1.82, 2.24) is 15.0 Å². The van der Waals surface area contributed by atoms with Gasteiger partial charge in [0.25, 0.3) is 0 Å². The van der Waals surface area contributed by atoms with Gasteiger partial charge in [0.15, 0.2) is 0 Å². The van der Waals surface area contributed by atoms with Crippen LogP contribution in [0.15, 0.2) is 9.59 Å². The molecule has 1 aromatic rings. The van der Waals surface area contributed by atoms with Crippen LogP contribution in [0.3, 0.4) is 0 Å². The number of aromatic carboxylic acids is 1. The van der Waals surface area contributed by atoms with E-state index >= 15 is 0 Å². The number of nitrogens with zero attached hydrogens (tertiary/aromatic N) is 1. The number of carboxylic acid groups (broad SMARTS) is 1. The van der Waals surface area contributed by atoms with Gasteiger partial charge in [-0.3, -0.25) is 9.97 Å². The molecule has 1 rings (SSSR count). The molecular formula is C4H4KN3O4. The summed E-state index contributed by atoms with van der Waals surface area (Å²) in [5.41, 5.74) is -1.87. The Bertz CT molecular complexity index is 366. The third-order valence-electron chi connectivity index (χ3n) is 0.868. The Kier molecular flexibility index (Phi) is 4.56. The van der Waals surface area contributed by atoms with Gasteiger partial charge in [0.2, 0.25) is 5.82 Å². The number of carbonyl (C=O) groups is 1. The minimum absolute atomic E-state index is 0. The van der Waals surface area contributed by atoms with Gasteiger partial charge in [0, 0.05) is 0 Å². The van der Waals surface area contributed by atoms with Crippen LogP contribution in [0.25, 0.3) is 0 Å². The first-order valence-electron chi connectivity index (χ1n) is 2.53. The van der Waals surface area contributed by atoms with Crippen LogP contribution in [0.4, 0.5) is 0 Å². The van der Waals surface area contributed by atoms with Gasteiger partial charge in [-0.1, -0.05) is 0 Å². The van der Waals surface area contributed by atoms with Crippen LogP contribution in [0.1, 0.15) is 10.6 Å². The monoisotopic (exact) mass is 197 g/mol. The van der Waals surface area contributed by atoms with Gasteiger partial charge in [0.1, 0.15) is 0 Å². The molecule has 1 aromatic heterocycles. The summed E-state index contributed by atoms with van der Waals surface area (Å²) in [6.45, 7) is 0. The first kappa shape index (κ1) is 11.7. The Hall–Kier alpha value is -0.284. The second-order valence-electron chi connectivity index (χ2n) is 1.65. The maximum absolute atomic E-state index is 10.4. The van der Waals surface area contributed by atoms with Gasteiger partial charge in [-0.05, 0) is 0 Å². The summed E-state index contributed by atoms with van der Waals surface area (Å²) in [5, 5.41) is 8.25. The van der Waals surface area contributed by atoms with Crippen LogP contribution < -0.4 is 11.4 Å². The van der Waals surface area contributed by atoms with E-state index in [-0.39, 0.29) is 51.4 Å². The Balaban J connectivity index is 0.00000121. The molecule has 0 aliphatic heterocycles. The number of H-pyrrole nitrogens is 2. The Morgan fingerprint density at radius 3 is 2.33 bits per heavy atom. The molecule has 60 valence electrons. The molecule has 0 spiro atoms. The van der Waals surface area contributed by atoms with E-state index < -0.39 is 23.2 Å². The first-order valence-corrected chi connectivity index (χ1v) is 2.53. The molecule has 0 aliphatic rings. The van der Waals surface area contributed by atoms with E-state index in [1.807, 2.05) is 4.98 Å². The molecule has 3 N–H and O–H groups in total. The van der Waals surface area contributed by atoms with Crippen LogP contribution in [-0.2, 0) is 0 Å². The van der Waals surface area contributed by atoms with Crippen LogP contribution in [-0.4, -0.2) is 77.4 Å². The zero-order valence-corrected chi connectivity index (χ0v) is 5.12. The molecule has 7 nitrogen and oxygen atoms in total. The first-order chi connectivity index (χ1) is 5.09. The van der Waals surface area contributed by atoms with Gasteiger partial charge in [-0.25, -0.2) is 14.4 Å². The third-order valence-corrected chi connectivity index (χ3v) is 0.868. The molecule has 12 heavy (non-hydrogen) atoms. The number of nitrogens with one attached hydrogen (secondary N) is 2. The Morgan fingerprint density at radius 2 is 1.92 bits per heavy atom. The molecule has 0 radical (unpaired) electrons. The number of hydrogen-bond donors (Lipinski definition) is 3. The van der Waals surface area contributed by atoms with E-state index in [1.54, 1.807) is 4.98 Å². The average Bonchev–Trinajstić information content (AvgIpc) is 1.85. The van der Waals surface area contributed by atoms with Gasteiger partial charge >= 0.3 is 68.7 Å². The molecule has 0 aliphatic carbocycles. The van der Waals surface area contributed by atoms with E-state index in [0.29, 0.717) is 0 Å². The average molecular weight is 197 g/mol. The standard InChI is InChI=1S/C4H3N3O4.K.H/c8-2(9)1-5-3(10)7-4(11)6-1;;/h(H,8,9)(H2,5,6,7,10,11);;. The maximum atomic E-state index is 10.4. The molecular weight excluding hydrogens is 193 g/mol. The quantitative estimate of drug-likeness (QED) is 0.431. The van der Waals surface area contributed by atoms with Crippen molar-refractivity contribution in [3.05, 3.63) is 26.8 Å². The molecule has 0 saturated carbocycles. The third kappa shape index (κ3) is 2.99. The van der Waals surface area contributed by atoms with E-state index in [2.05, 4.69) is 4.98 Å². The Morgan fingerprint density at radius 1 is 1.33 bits per heavy atom. The molecule has 1 heterocycles. The van der Waals surface area contributed by atoms with Crippen molar-refractivity contribution in [2.24, 2.45) is 0 Å². The molecule has 0 atom stereocenters. The fourth-order valence-corrected chi connectivity index (χ4v) is 0.495. The van der Waals surface area contributed by atoms with Gasteiger partial charge < -0.3 is 5.11 Å². The van der Waals surface area contributed by atoms with Gasteiger partial charge in [-0.15, -0.1) is 0 Å². The molecule has 0 aromatic carbocycles. The zero-order chi connectivity index (χ0) is 8.43. The Labute approximate surface area is 108 Å². The summed E-state index contributed by atoms with van der Waals surface area (Å²) in [5.74, 6) is -2.12. The van der Waals surface area contributed by atoms with Crippen molar-refractivity contribution in [3.63, 3.8) is 0 Å². The predicted molar refractivity (Wildman–Crippen MR) is 39.6 cm³/mol. The molecule has 0 bridgehead atoms. The molecule has 0 unspecified atom stereocenters. The summed E-state index contributed by atoms with van der Waals surface area (Å²) in [7, 11) is 0. The summed E-state index contributed by atoms with van der Waals surface area (Å²) in [6, 6.07) is 0. The SMILES string of the molecule is O=C(O)c1nc(=O)[nH]c(=O)[nH]1.[KH]. The van der Waals surface area contributed by atoms with Gasteiger partial charge in [0.05, 0.1) is 0 Å². The number of carboxylic acids is 1. The molecule has 0 amide bonds. The summed E-state index contributed by atoms with van der Waals surface area (Å²) >= 11 is 0. The number of hydrogen-bond acceptors (Lipinski definition) is 4. The van der Waals surface area contributed by atoms with Crippen molar-refractivity contribution in [2.45, 2.75) is 0 Å². The second-order valence-corrected chi connectivity index (χ2v) is 1.65. The fraction of sp³-hybridized carbons (Fsp3) is 0. The number of aromatic nitrogens is 3. The van der Waals surface area contributed by atoms with Crippen molar-refractivity contribution in [1.29, 1.82) is 0 Å². The van der Waals surface area contributed by atoms with Crippen molar-refractivity contribution in [3.8, 4) is 0 Å². The van der Waals surface area contributed by atoms with Crippen molar-refractivity contribution < 1.29 is 9.90 Å². The van der Waals surface area contributed by atoms with Gasteiger partial charge in [-0.2, -0.15) is 4.98 Å². The van der Waals surface area contributed by atoms with Crippen LogP contribution >= 0.6 is 0 Å². The summed E-state index contributed by atoms with van der Waals surface area (Å²) in [6.07, 6.45) is 0. The number of aromatic amines is 2. The molecule has 0 fully saturated rings. The fourth-order valence-electron chi connectivity index (χ4n) is 0.495. The molecule has 0 saturated heterocycles. The minimum atomic E-state index is -1.45. The van der Waals surface area contributed by atoms with Crippen molar-refractivity contribution >= 4 is 57.4 Å². The van der Waals surface area contributed by atoms with Crippen LogP contribution in [0, 0.1) is 0 Å². The van der Waals surface area contributed by atoms with E-state index in [1.165, 1.54) is 0 Å². The summed E-state index contributed by atoms with van der Waals surface area (Å²) in [4.78, 5) is 37.4. The van der Waals surface area contributed by atoms with Crippen LogP contribution in [0.5, 0.6) is 0 Å².